The normalized spacial score (nSPS) is 15.4. The monoisotopic (exact) mass is 333 g/mol. The molecule has 0 saturated heterocycles. The molecule has 4 nitrogen and oxygen atoms in total. The van der Waals surface area contributed by atoms with Crippen LogP contribution in [0.15, 0.2) is 11.1 Å². The van der Waals surface area contributed by atoms with Gasteiger partial charge in [-0.15, -0.1) is 0 Å². The molecule has 16 heavy (non-hydrogen) atoms. The lowest BCUT2D eigenvalue weighted by molar-refractivity contribution is 0.560. The summed E-state index contributed by atoms with van der Waals surface area (Å²) in [5.41, 5.74) is 0.900. The second kappa shape index (κ2) is 5.27. The highest BCUT2D eigenvalue weighted by molar-refractivity contribution is 14.1. The van der Waals surface area contributed by atoms with Crippen LogP contribution in [-0.2, 0) is 6.54 Å². The third kappa shape index (κ3) is 3.04. The average molecular weight is 333 g/mol. The number of nitrogens with zero attached hydrogens (tertiary/aromatic N) is 2. The molecule has 0 aromatic carbocycles. The highest BCUT2D eigenvalue weighted by Gasteiger charge is 2.19. The molecule has 0 atom stereocenters. The van der Waals surface area contributed by atoms with E-state index >= 15 is 0 Å². The van der Waals surface area contributed by atoms with E-state index in [2.05, 4.69) is 32.9 Å². The summed E-state index contributed by atoms with van der Waals surface area (Å²) in [4.78, 5) is 16.0. The number of aromatic nitrogens is 2. The number of rotatable bonds is 5. The van der Waals surface area contributed by atoms with E-state index in [0.717, 1.165) is 34.8 Å². The Bertz CT molecular complexity index is 426. The quantitative estimate of drug-likeness (QED) is 0.653. The molecule has 1 aliphatic carbocycles. The van der Waals surface area contributed by atoms with Gasteiger partial charge in [-0.3, -0.25) is 9.36 Å². The van der Waals surface area contributed by atoms with Crippen LogP contribution in [0.5, 0.6) is 0 Å². The first-order valence-corrected chi connectivity index (χ1v) is 6.71. The van der Waals surface area contributed by atoms with Gasteiger partial charge in [-0.05, 0) is 55.3 Å². The van der Waals surface area contributed by atoms with Crippen LogP contribution in [0.4, 0.5) is 0 Å². The summed E-state index contributed by atoms with van der Waals surface area (Å²) in [5, 5.41) is 3.43. The molecule has 1 fully saturated rings. The van der Waals surface area contributed by atoms with Crippen LogP contribution in [-0.4, -0.2) is 22.1 Å². The predicted octanol–water partition coefficient (Wildman–Crippen LogP) is 1.30. The Morgan fingerprint density at radius 3 is 3.06 bits per heavy atom. The van der Waals surface area contributed by atoms with E-state index in [0.29, 0.717) is 0 Å². The number of aryl methyl sites for hydroxylation is 2. The fourth-order valence-electron chi connectivity index (χ4n) is 1.55. The van der Waals surface area contributed by atoms with E-state index in [9.17, 15) is 4.79 Å². The van der Waals surface area contributed by atoms with Gasteiger partial charge in [0.15, 0.2) is 0 Å². The zero-order chi connectivity index (χ0) is 11.5. The van der Waals surface area contributed by atoms with E-state index in [4.69, 9.17) is 0 Å². The van der Waals surface area contributed by atoms with E-state index in [1.165, 1.54) is 12.8 Å². The molecule has 0 unspecified atom stereocenters. The van der Waals surface area contributed by atoms with Gasteiger partial charge in [-0.1, -0.05) is 0 Å². The van der Waals surface area contributed by atoms with Gasteiger partial charge in [0.25, 0.3) is 5.56 Å². The molecule has 0 spiro atoms. The molecule has 5 heteroatoms. The smallest absolute Gasteiger partial charge is 0.266 e. The number of halogens is 1. The Labute approximate surface area is 109 Å². The Morgan fingerprint density at radius 2 is 2.38 bits per heavy atom. The van der Waals surface area contributed by atoms with E-state index in [1.54, 1.807) is 10.9 Å². The summed E-state index contributed by atoms with van der Waals surface area (Å²) in [5.74, 6) is 0. The second-order valence-electron chi connectivity index (χ2n) is 4.22. The topological polar surface area (TPSA) is 46.9 Å². The minimum atomic E-state index is 0.0829. The Kier molecular flexibility index (Phi) is 3.96. The minimum absolute atomic E-state index is 0.0829. The summed E-state index contributed by atoms with van der Waals surface area (Å²) in [6, 6.07) is 0.744. The van der Waals surface area contributed by atoms with Gasteiger partial charge < -0.3 is 5.32 Å². The van der Waals surface area contributed by atoms with Crippen LogP contribution >= 0.6 is 22.6 Å². The molecule has 2 rings (SSSR count). The van der Waals surface area contributed by atoms with Crippen molar-refractivity contribution in [3.8, 4) is 0 Å². The molecule has 88 valence electrons. The largest absolute Gasteiger partial charge is 0.314 e. The average Bonchev–Trinajstić information content (AvgIpc) is 3.08. The predicted molar refractivity (Wildman–Crippen MR) is 71.6 cm³/mol. The van der Waals surface area contributed by atoms with Crippen LogP contribution in [0, 0.1) is 10.5 Å². The van der Waals surface area contributed by atoms with Crippen LogP contribution in [0.25, 0.3) is 0 Å². The molecule has 0 bridgehead atoms. The van der Waals surface area contributed by atoms with Crippen LogP contribution < -0.4 is 10.9 Å². The lowest BCUT2D eigenvalue weighted by Crippen LogP contribution is -2.26. The van der Waals surface area contributed by atoms with Crippen molar-refractivity contribution >= 4 is 22.6 Å². The van der Waals surface area contributed by atoms with Crippen LogP contribution in [0.2, 0.25) is 0 Å². The molecule has 0 amide bonds. The Morgan fingerprint density at radius 1 is 1.62 bits per heavy atom. The Balaban J connectivity index is 1.88. The van der Waals surface area contributed by atoms with Crippen molar-refractivity contribution in [1.82, 2.24) is 14.9 Å². The SMILES string of the molecule is Cc1ncn(CCCNC2CC2)c(=O)c1I. The lowest BCUT2D eigenvalue weighted by Gasteiger charge is -2.07. The fraction of sp³-hybridized carbons (Fsp3) is 0.636. The Hall–Kier alpha value is -0.430. The molecule has 0 aliphatic heterocycles. The zero-order valence-corrected chi connectivity index (χ0v) is 11.5. The van der Waals surface area contributed by atoms with Gasteiger partial charge in [0, 0.05) is 12.6 Å². The van der Waals surface area contributed by atoms with Crippen molar-refractivity contribution in [3.63, 3.8) is 0 Å². The van der Waals surface area contributed by atoms with Crippen LogP contribution in [0.3, 0.4) is 0 Å². The summed E-state index contributed by atoms with van der Waals surface area (Å²) in [7, 11) is 0. The summed E-state index contributed by atoms with van der Waals surface area (Å²) in [6.45, 7) is 3.60. The molecular formula is C11H16IN3O. The van der Waals surface area contributed by atoms with Crippen LogP contribution in [0.1, 0.15) is 25.0 Å². The van der Waals surface area contributed by atoms with E-state index < -0.39 is 0 Å². The molecule has 0 radical (unpaired) electrons. The molecule has 1 aliphatic rings. The van der Waals surface area contributed by atoms with Crippen molar-refractivity contribution in [2.75, 3.05) is 6.54 Å². The first-order chi connectivity index (χ1) is 7.68. The third-order valence-corrected chi connectivity index (χ3v) is 3.99. The van der Waals surface area contributed by atoms with E-state index in [-0.39, 0.29) is 5.56 Å². The van der Waals surface area contributed by atoms with Crippen molar-refractivity contribution in [3.05, 3.63) is 25.9 Å². The zero-order valence-electron chi connectivity index (χ0n) is 9.37. The number of hydrogen-bond acceptors (Lipinski definition) is 3. The van der Waals surface area contributed by atoms with Crippen molar-refractivity contribution in [2.45, 2.75) is 38.8 Å². The summed E-state index contributed by atoms with van der Waals surface area (Å²) < 4.78 is 2.43. The fourth-order valence-corrected chi connectivity index (χ4v) is 2.00. The second-order valence-corrected chi connectivity index (χ2v) is 5.30. The maximum absolute atomic E-state index is 11.8. The summed E-state index contributed by atoms with van der Waals surface area (Å²) in [6.07, 6.45) is 5.25. The van der Waals surface area contributed by atoms with Gasteiger partial charge in [0.1, 0.15) is 0 Å². The highest BCUT2D eigenvalue weighted by Crippen LogP contribution is 2.18. The number of nitrogens with one attached hydrogen (secondary N) is 1. The molecule has 1 aromatic rings. The lowest BCUT2D eigenvalue weighted by atomic mass is 10.4. The summed E-state index contributed by atoms with van der Waals surface area (Å²) >= 11 is 2.06. The maximum Gasteiger partial charge on any atom is 0.266 e. The standard InChI is InChI=1S/C11H16IN3O/c1-8-10(12)11(16)15(7-14-8)6-2-5-13-9-3-4-9/h7,9,13H,2-6H2,1H3. The minimum Gasteiger partial charge on any atom is -0.314 e. The van der Waals surface area contributed by atoms with Gasteiger partial charge >= 0.3 is 0 Å². The highest BCUT2D eigenvalue weighted by atomic mass is 127. The van der Waals surface area contributed by atoms with Gasteiger partial charge in [0.2, 0.25) is 0 Å². The molecule has 1 heterocycles. The molecule has 1 N–H and O–H groups in total. The molecule has 1 saturated carbocycles. The molecular weight excluding hydrogens is 317 g/mol. The van der Waals surface area contributed by atoms with Crippen molar-refractivity contribution in [1.29, 1.82) is 0 Å². The maximum atomic E-state index is 11.8. The van der Waals surface area contributed by atoms with Crippen molar-refractivity contribution in [2.24, 2.45) is 0 Å². The van der Waals surface area contributed by atoms with Gasteiger partial charge in [-0.2, -0.15) is 0 Å². The number of hydrogen-bond donors (Lipinski definition) is 1. The molecule has 1 aromatic heterocycles. The van der Waals surface area contributed by atoms with Gasteiger partial charge in [0.05, 0.1) is 15.6 Å². The van der Waals surface area contributed by atoms with Gasteiger partial charge in [-0.25, -0.2) is 4.98 Å². The van der Waals surface area contributed by atoms with E-state index in [1.807, 2.05) is 6.92 Å². The first-order valence-electron chi connectivity index (χ1n) is 5.63. The van der Waals surface area contributed by atoms with Crippen molar-refractivity contribution < 1.29 is 0 Å². The first kappa shape index (κ1) is 12.0. The third-order valence-electron chi connectivity index (χ3n) is 2.74.